The van der Waals surface area contributed by atoms with Crippen LogP contribution in [-0.2, 0) is 0 Å². The van der Waals surface area contributed by atoms with Crippen LogP contribution in [0.15, 0.2) is 12.1 Å². The lowest BCUT2D eigenvalue weighted by Gasteiger charge is -2.36. The zero-order chi connectivity index (χ0) is 11.5. The number of pyridine rings is 1. The van der Waals surface area contributed by atoms with E-state index in [-0.39, 0.29) is 0 Å². The third-order valence-electron chi connectivity index (χ3n) is 2.81. The van der Waals surface area contributed by atoms with Gasteiger partial charge in [-0.3, -0.25) is 0 Å². The first kappa shape index (κ1) is 11.5. The molecule has 0 aromatic carbocycles. The van der Waals surface area contributed by atoms with Gasteiger partial charge in [-0.05, 0) is 19.1 Å². The van der Waals surface area contributed by atoms with Gasteiger partial charge in [-0.15, -0.1) is 0 Å². The van der Waals surface area contributed by atoms with Crippen LogP contribution in [-0.4, -0.2) is 37.8 Å². The molecule has 1 aromatic rings. The Morgan fingerprint density at radius 1 is 1.56 bits per heavy atom. The molecule has 1 fully saturated rings. The van der Waals surface area contributed by atoms with Gasteiger partial charge in [0.2, 0.25) is 5.88 Å². The van der Waals surface area contributed by atoms with E-state index in [1.54, 1.807) is 13.2 Å². The Labute approximate surface area is 101 Å². The highest BCUT2D eigenvalue weighted by Gasteiger charge is 2.21. The predicted molar refractivity (Wildman–Crippen MR) is 65.5 cm³/mol. The highest BCUT2D eigenvalue weighted by molar-refractivity contribution is 6.29. The van der Waals surface area contributed by atoms with Gasteiger partial charge >= 0.3 is 0 Å². The molecule has 0 radical (unpaired) electrons. The molecular formula is C11H16ClN3O. The summed E-state index contributed by atoms with van der Waals surface area (Å²) in [6.45, 7) is 5.10. The summed E-state index contributed by atoms with van der Waals surface area (Å²) in [4.78, 5) is 6.47. The van der Waals surface area contributed by atoms with Crippen LogP contribution in [0.3, 0.4) is 0 Å². The number of rotatable bonds is 2. The summed E-state index contributed by atoms with van der Waals surface area (Å²) in [6, 6.07) is 4.20. The molecular weight excluding hydrogens is 226 g/mol. The highest BCUT2D eigenvalue weighted by atomic mass is 35.5. The molecule has 0 saturated carbocycles. The van der Waals surface area contributed by atoms with Crippen molar-refractivity contribution >= 4 is 17.3 Å². The Bertz CT molecular complexity index is 372. The maximum Gasteiger partial charge on any atom is 0.238 e. The summed E-state index contributed by atoms with van der Waals surface area (Å²) in [7, 11) is 1.62. The molecule has 1 aromatic heterocycles. The van der Waals surface area contributed by atoms with Gasteiger partial charge in [-0.1, -0.05) is 11.6 Å². The molecule has 2 heterocycles. The first-order chi connectivity index (χ1) is 7.72. The van der Waals surface area contributed by atoms with Crippen molar-refractivity contribution in [3.05, 3.63) is 17.3 Å². The van der Waals surface area contributed by atoms with Crippen molar-refractivity contribution in [2.75, 3.05) is 31.6 Å². The number of piperazine rings is 1. The van der Waals surface area contributed by atoms with E-state index >= 15 is 0 Å². The number of hydrogen-bond acceptors (Lipinski definition) is 4. The van der Waals surface area contributed by atoms with Gasteiger partial charge in [0, 0.05) is 25.7 Å². The Balaban J connectivity index is 2.30. The number of aromatic nitrogens is 1. The Hall–Kier alpha value is -1.00. The van der Waals surface area contributed by atoms with Crippen molar-refractivity contribution in [2.24, 2.45) is 0 Å². The van der Waals surface area contributed by atoms with Crippen LogP contribution in [0.4, 0.5) is 5.69 Å². The summed E-state index contributed by atoms with van der Waals surface area (Å²) < 4.78 is 5.27. The van der Waals surface area contributed by atoms with Crippen molar-refractivity contribution in [3.63, 3.8) is 0 Å². The van der Waals surface area contributed by atoms with Crippen LogP contribution in [0.5, 0.6) is 5.88 Å². The lowest BCUT2D eigenvalue weighted by atomic mass is 10.2. The van der Waals surface area contributed by atoms with Crippen LogP contribution in [0, 0.1) is 0 Å². The summed E-state index contributed by atoms with van der Waals surface area (Å²) in [5.41, 5.74) is 1.01. The minimum Gasteiger partial charge on any atom is -0.479 e. The molecule has 1 N–H and O–H groups in total. The van der Waals surface area contributed by atoms with E-state index in [1.807, 2.05) is 6.07 Å². The zero-order valence-corrected chi connectivity index (χ0v) is 10.3. The molecule has 1 aliphatic heterocycles. The molecule has 1 atom stereocenters. The molecule has 88 valence electrons. The Kier molecular flexibility index (Phi) is 3.51. The first-order valence-electron chi connectivity index (χ1n) is 5.40. The number of anilines is 1. The molecule has 0 aliphatic carbocycles. The summed E-state index contributed by atoms with van der Waals surface area (Å²) >= 11 is 5.85. The fourth-order valence-corrected chi connectivity index (χ4v) is 2.12. The largest absolute Gasteiger partial charge is 0.479 e. The Morgan fingerprint density at radius 2 is 2.38 bits per heavy atom. The fraction of sp³-hybridized carbons (Fsp3) is 0.545. The second-order valence-electron chi connectivity index (χ2n) is 3.91. The zero-order valence-electron chi connectivity index (χ0n) is 9.53. The van der Waals surface area contributed by atoms with Gasteiger partial charge in [-0.25, -0.2) is 0 Å². The minimum absolute atomic E-state index is 0.436. The van der Waals surface area contributed by atoms with E-state index in [4.69, 9.17) is 16.3 Å². The summed E-state index contributed by atoms with van der Waals surface area (Å²) in [5, 5.41) is 3.82. The van der Waals surface area contributed by atoms with Crippen LogP contribution in [0.1, 0.15) is 6.92 Å². The van der Waals surface area contributed by atoms with E-state index in [1.165, 1.54) is 0 Å². The maximum absolute atomic E-state index is 5.85. The van der Waals surface area contributed by atoms with Gasteiger partial charge < -0.3 is 15.0 Å². The van der Waals surface area contributed by atoms with Crippen LogP contribution < -0.4 is 15.0 Å². The third-order valence-corrected chi connectivity index (χ3v) is 3.02. The van der Waals surface area contributed by atoms with Crippen LogP contribution in [0.25, 0.3) is 0 Å². The van der Waals surface area contributed by atoms with Crippen molar-refractivity contribution in [2.45, 2.75) is 13.0 Å². The van der Waals surface area contributed by atoms with E-state index in [0.717, 1.165) is 25.3 Å². The van der Waals surface area contributed by atoms with Crippen molar-refractivity contribution < 1.29 is 4.74 Å². The Morgan fingerprint density at radius 3 is 3.06 bits per heavy atom. The van der Waals surface area contributed by atoms with Gasteiger partial charge in [0.1, 0.15) is 10.8 Å². The SMILES string of the molecule is COc1nc(Cl)ccc1N1CCNC[C@H]1C. The highest BCUT2D eigenvalue weighted by Crippen LogP contribution is 2.29. The second-order valence-corrected chi connectivity index (χ2v) is 4.30. The predicted octanol–water partition coefficient (Wildman–Crippen LogP) is 1.54. The molecule has 0 amide bonds. The van der Waals surface area contributed by atoms with Crippen molar-refractivity contribution in [1.82, 2.24) is 10.3 Å². The van der Waals surface area contributed by atoms with Gasteiger partial charge in [0.05, 0.1) is 7.11 Å². The maximum atomic E-state index is 5.85. The standard InChI is InChI=1S/C11H16ClN3O/c1-8-7-13-5-6-15(8)9-3-4-10(12)14-11(9)16-2/h3-4,8,13H,5-7H2,1-2H3/t8-/m1/s1. The lowest BCUT2D eigenvalue weighted by Crippen LogP contribution is -2.50. The molecule has 0 unspecified atom stereocenters. The molecule has 1 saturated heterocycles. The van der Waals surface area contributed by atoms with Crippen molar-refractivity contribution in [1.29, 1.82) is 0 Å². The smallest absolute Gasteiger partial charge is 0.238 e. The number of nitrogens with one attached hydrogen (secondary N) is 1. The van der Waals surface area contributed by atoms with E-state index in [0.29, 0.717) is 17.1 Å². The molecule has 0 spiro atoms. The van der Waals surface area contributed by atoms with Gasteiger partial charge in [0.15, 0.2) is 0 Å². The summed E-state index contributed by atoms with van der Waals surface area (Å²) in [5.74, 6) is 0.598. The quantitative estimate of drug-likeness (QED) is 0.798. The molecule has 16 heavy (non-hydrogen) atoms. The number of nitrogens with zero attached hydrogens (tertiary/aromatic N) is 2. The molecule has 5 heteroatoms. The minimum atomic E-state index is 0.436. The van der Waals surface area contributed by atoms with Crippen molar-refractivity contribution in [3.8, 4) is 5.88 Å². The van der Waals surface area contributed by atoms with E-state index in [2.05, 4.69) is 22.1 Å². The number of methoxy groups -OCH3 is 1. The average Bonchev–Trinajstić information content (AvgIpc) is 2.30. The number of hydrogen-bond donors (Lipinski definition) is 1. The molecule has 1 aliphatic rings. The van der Waals surface area contributed by atoms with Gasteiger partial charge in [0.25, 0.3) is 0 Å². The number of halogens is 1. The molecule has 2 rings (SSSR count). The first-order valence-corrected chi connectivity index (χ1v) is 5.78. The van der Waals surface area contributed by atoms with Gasteiger partial charge in [-0.2, -0.15) is 4.98 Å². The van der Waals surface area contributed by atoms with E-state index in [9.17, 15) is 0 Å². The molecule has 4 nitrogen and oxygen atoms in total. The summed E-state index contributed by atoms with van der Waals surface area (Å²) in [6.07, 6.45) is 0. The average molecular weight is 242 g/mol. The monoisotopic (exact) mass is 241 g/mol. The third kappa shape index (κ3) is 2.23. The van der Waals surface area contributed by atoms with Crippen LogP contribution >= 0.6 is 11.6 Å². The fourth-order valence-electron chi connectivity index (χ4n) is 1.98. The topological polar surface area (TPSA) is 37.4 Å². The van der Waals surface area contributed by atoms with Crippen LogP contribution in [0.2, 0.25) is 5.15 Å². The molecule has 0 bridgehead atoms. The lowest BCUT2D eigenvalue weighted by molar-refractivity contribution is 0.393. The number of ether oxygens (including phenoxy) is 1. The van der Waals surface area contributed by atoms with E-state index < -0.39 is 0 Å². The second kappa shape index (κ2) is 4.89. The normalized spacial score (nSPS) is 20.9.